The van der Waals surface area contributed by atoms with Crippen LogP contribution in [0.5, 0.6) is 5.75 Å². The van der Waals surface area contributed by atoms with Gasteiger partial charge in [-0.2, -0.15) is 5.10 Å². The zero-order valence-corrected chi connectivity index (χ0v) is 11.7. The van der Waals surface area contributed by atoms with E-state index >= 15 is 0 Å². The number of carbonyl (C=O) groups is 2. The second kappa shape index (κ2) is 7.07. The highest BCUT2D eigenvalue weighted by molar-refractivity contribution is 5.92. The number of ether oxygens (including phenoxy) is 1. The molecule has 0 aliphatic carbocycles. The van der Waals surface area contributed by atoms with Crippen LogP contribution in [0, 0.1) is 0 Å². The zero-order chi connectivity index (χ0) is 15.9. The van der Waals surface area contributed by atoms with Gasteiger partial charge in [-0.25, -0.2) is 10.2 Å². The highest BCUT2D eigenvalue weighted by Crippen LogP contribution is 2.13. The van der Waals surface area contributed by atoms with E-state index in [1.807, 2.05) is 0 Å². The lowest BCUT2D eigenvalue weighted by molar-refractivity contribution is -0.144. The maximum Gasteiger partial charge on any atom is 0.344 e. The third-order valence-corrected chi connectivity index (χ3v) is 2.67. The predicted octanol–water partition coefficient (Wildman–Crippen LogP) is 1.90. The number of hydrazone groups is 1. The van der Waals surface area contributed by atoms with Gasteiger partial charge in [0.1, 0.15) is 5.75 Å². The van der Waals surface area contributed by atoms with Crippen LogP contribution in [0.3, 0.4) is 0 Å². The van der Waals surface area contributed by atoms with Crippen LogP contribution < -0.4 is 10.2 Å². The number of benzene rings is 1. The van der Waals surface area contributed by atoms with Gasteiger partial charge in [-0.15, -0.1) is 0 Å². The first-order chi connectivity index (χ1) is 10.6. The second-order valence-corrected chi connectivity index (χ2v) is 4.34. The number of hydrogen-bond acceptors (Lipinski definition) is 5. The van der Waals surface area contributed by atoms with Gasteiger partial charge in [0, 0.05) is 0 Å². The minimum absolute atomic E-state index is 0.170. The van der Waals surface area contributed by atoms with Crippen LogP contribution in [0.1, 0.15) is 23.0 Å². The average molecular weight is 302 g/mol. The predicted molar refractivity (Wildman–Crippen MR) is 77.9 cm³/mol. The summed E-state index contributed by atoms with van der Waals surface area (Å²) in [7, 11) is 0. The molecule has 114 valence electrons. The van der Waals surface area contributed by atoms with Gasteiger partial charge in [-0.05, 0) is 48.9 Å². The number of amides is 1. The molecule has 1 aromatic carbocycles. The monoisotopic (exact) mass is 302 g/mol. The molecule has 0 radical (unpaired) electrons. The molecule has 0 saturated carbocycles. The Kier molecular flexibility index (Phi) is 4.92. The first-order valence-corrected chi connectivity index (χ1v) is 6.42. The van der Waals surface area contributed by atoms with Gasteiger partial charge in [0.25, 0.3) is 0 Å². The molecule has 0 aliphatic rings. The van der Waals surface area contributed by atoms with E-state index in [1.54, 1.807) is 30.3 Å². The number of aliphatic carboxylic acids is 1. The smallest absolute Gasteiger partial charge is 0.344 e. The van der Waals surface area contributed by atoms with Crippen molar-refractivity contribution in [3.63, 3.8) is 0 Å². The number of furan rings is 1. The fourth-order valence-corrected chi connectivity index (χ4v) is 1.52. The Morgan fingerprint density at radius 2 is 2.05 bits per heavy atom. The largest absolute Gasteiger partial charge is 0.479 e. The third-order valence-electron chi connectivity index (χ3n) is 2.67. The van der Waals surface area contributed by atoms with E-state index in [2.05, 4.69) is 10.5 Å². The number of rotatable bonds is 6. The highest BCUT2D eigenvalue weighted by atomic mass is 16.5. The number of nitrogens with one attached hydrogen (secondary N) is 1. The van der Waals surface area contributed by atoms with Crippen molar-refractivity contribution in [2.24, 2.45) is 5.10 Å². The van der Waals surface area contributed by atoms with Gasteiger partial charge in [0.15, 0.2) is 11.9 Å². The molecule has 1 amide bonds. The van der Waals surface area contributed by atoms with Gasteiger partial charge in [-0.1, -0.05) is 0 Å². The Hall–Kier alpha value is -3.09. The molecule has 1 atom stereocenters. The lowest BCUT2D eigenvalue weighted by Gasteiger charge is -2.09. The highest BCUT2D eigenvalue weighted by Gasteiger charge is 2.11. The molecular formula is C15H14N2O5. The van der Waals surface area contributed by atoms with Crippen molar-refractivity contribution in [2.45, 2.75) is 13.0 Å². The molecule has 2 rings (SSSR count). The van der Waals surface area contributed by atoms with Gasteiger partial charge < -0.3 is 14.3 Å². The SMILES string of the molecule is C[C@H](Oc1ccc(/C=N\NC(=O)c2ccco2)cc1)C(=O)O. The summed E-state index contributed by atoms with van der Waals surface area (Å²) in [6.45, 7) is 1.45. The number of nitrogens with zero attached hydrogens (tertiary/aromatic N) is 1. The van der Waals surface area contributed by atoms with Crippen molar-refractivity contribution in [3.8, 4) is 5.75 Å². The third kappa shape index (κ3) is 4.20. The molecule has 0 fully saturated rings. The standard InChI is InChI=1S/C15H14N2O5/c1-10(15(19)20)22-12-6-4-11(5-7-12)9-16-17-14(18)13-3-2-8-21-13/h2-10H,1H3,(H,17,18)(H,19,20)/b16-9-/t10-/m0/s1. The Labute approximate surface area is 126 Å². The van der Waals surface area contributed by atoms with Crippen LogP contribution in [0.15, 0.2) is 52.2 Å². The van der Waals surface area contributed by atoms with Crippen LogP contribution >= 0.6 is 0 Å². The summed E-state index contributed by atoms with van der Waals surface area (Å²) < 4.78 is 10.1. The van der Waals surface area contributed by atoms with E-state index in [-0.39, 0.29) is 5.76 Å². The van der Waals surface area contributed by atoms with Crippen molar-refractivity contribution in [1.82, 2.24) is 5.43 Å². The Balaban J connectivity index is 1.89. The molecule has 0 aliphatic heterocycles. The average Bonchev–Trinajstić information content (AvgIpc) is 3.03. The summed E-state index contributed by atoms with van der Waals surface area (Å²) in [6, 6.07) is 9.75. The minimum Gasteiger partial charge on any atom is -0.479 e. The van der Waals surface area contributed by atoms with Crippen molar-refractivity contribution < 1.29 is 23.8 Å². The van der Waals surface area contributed by atoms with E-state index in [4.69, 9.17) is 14.3 Å². The maximum absolute atomic E-state index is 11.5. The maximum atomic E-state index is 11.5. The summed E-state index contributed by atoms with van der Waals surface area (Å²) >= 11 is 0. The van der Waals surface area contributed by atoms with E-state index in [1.165, 1.54) is 25.5 Å². The van der Waals surface area contributed by atoms with Gasteiger partial charge in [-0.3, -0.25) is 4.79 Å². The molecule has 0 bridgehead atoms. The van der Waals surface area contributed by atoms with Crippen LogP contribution in [0.4, 0.5) is 0 Å². The number of hydrogen-bond donors (Lipinski definition) is 2. The van der Waals surface area contributed by atoms with Crippen molar-refractivity contribution in [3.05, 3.63) is 54.0 Å². The van der Waals surface area contributed by atoms with Crippen LogP contribution in [-0.2, 0) is 4.79 Å². The summed E-state index contributed by atoms with van der Waals surface area (Å²) in [4.78, 5) is 22.2. The Morgan fingerprint density at radius 3 is 2.64 bits per heavy atom. The molecule has 0 saturated heterocycles. The molecule has 1 aromatic heterocycles. The van der Waals surface area contributed by atoms with Crippen molar-refractivity contribution in [2.75, 3.05) is 0 Å². The number of carbonyl (C=O) groups excluding carboxylic acids is 1. The molecule has 22 heavy (non-hydrogen) atoms. The summed E-state index contributed by atoms with van der Waals surface area (Å²) in [5, 5.41) is 12.5. The molecule has 7 heteroatoms. The zero-order valence-electron chi connectivity index (χ0n) is 11.7. The van der Waals surface area contributed by atoms with E-state index in [9.17, 15) is 9.59 Å². The molecule has 7 nitrogen and oxygen atoms in total. The molecule has 0 spiro atoms. The Morgan fingerprint density at radius 1 is 1.32 bits per heavy atom. The molecule has 0 unspecified atom stereocenters. The fourth-order valence-electron chi connectivity index (χ4n) is 1.52. The van der Waals surface area contributed by atoms with E-state index < -0.39 is 18.0 Å². The van der Waals surface area contributed by atoms with Crippen LogP contribution in [0.2, 0.25) is 0 Å². The van der Waals surface area contributed by atoms with Crippen molar-refractivity contribution >= 4 is 18.1 Å². The molecule has 2 aromatic rings. The van der Waals surface area contributed by atoms with Crippen LogP contribution in [0.25, 0.3) is 0 Å². The number of carboxylic acid groups (broad SMARTS) is 1. The first kappa shape index (κ1) is 15.3. The summed E-state index contributed by atoms with van der Waals surface area (Å²) in [6.07, 6.45) is 1.92. The molecular weight excluding hydrogens is 288 g/mol. The molecule has 1 heterocycles. The lowest BCUT2D eigenvalue weighted by Crippen LogP contribution is -2.22. The van der Waals surface area contributed by atoms with Crippen molar-refractivity contribution in [1.29, 1.82) is 0 Å². The topological polar surface area (TPSA) is 101 Å². The first-order valence-electron chi connectivity index (χ1n) is 6.42. The fraction of sp³-hybridized carbons (Fsp3) is 0.133. The van der Waals surface area contributed by atoms with E-state index in [0.717, 1.165) is 5.56 Å². The van der Waals surface area contributed by atoms with E-state index in [0.29, 0.717) is 5.75 Å². The second-order valence-electron chi connectivity index (χ2n) is 4.34. The Bertz CT molecular complexity index is 662. The number of carboxylic acids is 1. The summed E-state index contributed by atoms with van der Waals surface area (Å²) in [5.41, 5.74) is 3.04. The van der Waals surface area contributed by atoms with Gasteiger partial charge >= 0.3 is 11.9 Å². The van der Waals surface area contributed by atoms with Crippen LogP contribution in [-0.4, -0.2) is 29.3 Å². The van der Waals surface area contributed by atoms with Gasteiger partial charge in [0.05, 0.1) is 12.5 Å². The minimum atomic E-state index is -1.04. The molecule has 2 N–H and O–H groups in total. The van der Waals surface area contributed by atoms with Gasteiger partial charge in [0.2, 0.25) is 0 Å². The quantitative estimate of drug-likeness (QED) is 0.627. The summed E-state index contributed by atoms with van der Waals surface area (Å²) in [5.74, 6) is -0.877. The lowest BCUT2D eigenvalue weighted by atomic mass is 10.2. The normalized spacial score (nSPS) is 12.0.